The minimum atomic E-state index is -0.00484. The van der Waals surface area contributed by atoms with Crippen molar-refractivity contribution in [1.29, 1.82) is 0 Å². The van der Waals surface area contributed by atoms with Gasteiger partial charge in [-0.15, -0.1) is 0 Å². The van der Waals surface area contributed by atoms with Crippen molar-refractivity contribution in [2.75, 3.05) is 30.9 Å². The number of nitrogens with zero attached hydrogens (tertiary/aromatic N) is 1. The first-order valence-electron chi connectivity index (χ1n) is 6.98. The Labute approximate surface area is 115 Å². The Kier molecular flexibility index (Phi) is 4.80. The third-order valence-electron chi connectivity index (χ3n) is 3.77. The van der Waals surface area contributed by atoms with E-state index in [0.717, 1.165) is 11.4 Å². The molecule has 19 heavy (non-hydrogen) atoms. The number of likely N-dealkylation sites (N-methyl/N-ethyl adjacent to an activating group) is 1. The Hall–Kier alpha value is -1.55. The van der Waals surface area contributed by atoms with Gasteiger partial charge in [0.15, 0.2) is 0 Å². The fourth-order valence-electron chi connectivity index (χ4n) is 2.73. The van der Waals surface area contributed by atoms with Crippen LogP contribution < -0.4 is 15.5 Å². The van der Waals surface area contributed by atoms with Gasteiger partial charge in [0.05, 0.1) is 17.9 Å². The van der Waals surface area contributed by atoms with Gasteiger partial charge < -0.3 is 15.5 Å². The second-order valence-electron chi connectivity index (χ2n) is 5.14. The van der Waals surface area contributed by atoms with Crippen LogP contribution in [0.25, 0.3) is 0 Å². The zero-order chi connectivity index (χ0) is 13.7. The molecule has 0 unspecified atom stereocenters. The van der Waals surface area contributed by atoms with Crippen molar-refractivity contribution >= 4 is 17.3 Å². The van der Waals surface area contributed by atoms with Gasteiger partial charge in [-0.3, -0.25) is 4.79 Å². The normalized spacial score (nSPS) is 15.5. The van der Waals surface area contributed by atoms with E-state index in [-0.39, 0.29) is 5.91 Å². The van der Waals surface area contributed by atoms with Gasteiger partial charge in [0.2, 0.25) is 5.91 Å². The second kappa shape index (κ2) is 6.57. The van der Waals surface area contributed by atoms with Gasteiger partial charge >= 0.3 is 0 Å². The van der Waals surface area contributed by atoms with Crippen LogP contribution in [0.5, 0.6) is 0 Å². The maximum absolute atomic E-state index is 11.7. The van der Waals surface area contributed by atoms with Crippen LogP contribution in [0.3, 0.4) is 0 Å². The van der Waals surface area contributed by atoms with Crippen molar-refractivity contribution < 1.29 is 4.79 Å². The number of nitrogens with one attached hydrogen (secondary N) is 2. The molecule has 1 aromatic carbocycles. The van der Waals surface area contributed by atoms with Gasteiger partial charge in [0, 0.05) is 13.1 Å². The lowest BCUT2D eigenvalue weighted by Crippen LogP contribution is -2.31. The summed E-state index contributed by atoms with van der Waals surface area (Å²) < 4.78 is 0. The zero-order valence-electron chi connectivity index (χ0n) is 11.8. The highest BCUT2D eigenvalue weighted by Crippen LogP contribution is 2.31. The largest absolute Gasteiger partial charge is 0.370 e. The van der Waals surface area contributed by atoms with E-state index in [9.17, 15) is 4.79 Å². The average molecular weight is 261 g/mol. The van der Waals surface area contributed by atoms with Crippen molar-refractivity contribution in [1.82, 2.24) is 5.32 Å². The Morgan fingerprint density at radius 3 is 2.68 bits per heavy atom. The maximum Gasteiger partial charge on any atom is 0.238 e. The summed E-state index contributed by atoms with van der Waals surface area (Å²) in [6.07, 6.45) is 5.11. The first kappa shape index (κ1) is 13.9. The third kappa shape index (κ3) is 3.47. The molecule has 2 N–H and O–H groups in total. The number of rotatable bonds is 5. The summed E-state index contributed by atoms with van der Waals surface area (Å²) >= 11 is 0. The lowest BCUT2D eigenvalue weighted by molar-refractivity contribution is -0.115. The molecule has 1 aliphatic carbocycles. The average Bonchev–Trinajstić information content (AvgIpc) is 2.93. The molecule has 4 heteroatoms. The number of amides is 1. The predicted molar refractivity (Wildman–Crippen MR) is 79.7 cm³/mol. The van der Waals surface area contributed by atoms with Crippen LogP contribution in [-0.4, -0.2) is 32.6 Å². The second-order valence-corrected chi connectivity index (χ2v) is 5.14. The molecule has 1 fully saturated rings. The Morgan fingerprint density at radius 2 is 2.00 bits per heavy atom. The van der Waals surface area contributed by atoms with Gasteiger partial charge in [-0.25, -0.2) is 0 Å². The SMILES string of the molecule is CNCC(=O)Nc1ccccc1N(C)C1CCCC1. The number of carbonyl (C=O) groups is 1. The molecule has 0 saturated heterocycles. The van der Waals surface area contributed by atoms with Gasteiger partial charge in [0.1, 0.15) is 0 Å². The number of para-hydroxylation sites is 2. The quantitative estimate of drug-likeness (QED) is 0.854. The lowest BCUT2D eigenvalue weighted by atomic mass is 10.1. The molecule has 4 nitrogen and oxygen atoms in total. The minimum Gasteiger partial charge on any atom is -0.370 e. The summed E-state index contributed by atoms with van der Waals surface area (Å²) in [5, 5.41) is 5.84. The lowest BCUT2D eigenvalue weighted by Gasteiger charge is -2.28. The van der Waals surface area contributed by atoms with Crippen molar-refractivity contribution in [3.8, 4) is 0 Å². The molecular formula is C15H23N3O. The summed E-state index contributed by atoms with van der Waals surface area (Å²) in [4.78, 5) is 14.0. The third-order valence-corrected chi connectivity index (χ3v) is 3.77. The molecular weight excluding hydrogens is 238 g/mol. The van der Waals surface area contributed by atoms with Crippen LogP contribution in [0.1, 0.15) is 25.7 Å². The van der Waals surface area contributed by atoms with Crippen molar-refractivity contribution in [3.63, 3.8) is 0 Å². The zero-order valence-corrected chi connectivity index (χ0v) is 11.8. The highest BCUT2D eigenvalue weighted by Gasteiger charge is 2.21. The van der Waals surface area contributed by atoms with Crippen LogP contribution in [0.2, 0.25) is 0 Å². The highest BCUT2D eigenvalue weighted by atomic mass is 16.1. The molecule has 104 valence electrons. The maximum atomic E-state index is 11.7. The topological polar surface area (TPSA) is 44.4 Å². The molecule has 2 rings (SSSR count). The Balaban J connectivity index is 2.13. The van der Waals surface area contributed by atoms with Crippen LogP contribution in [0.15, 0.2) is 24.3 Å². The Morgan fingerprint density at radius 1 is 1.32 bits per heavy atom. The van der Waals surface area contributed by atoms with E-state index < -0.39 is 0 Å². The molecule has 0 atom stereocenters. The molecule has 1 aliphatic rings. The smallest absolute Gasteiger partial charge is 0.238 e. The summed E-state index contributed by atoms with van der Waals surface area (Å²) in [7, 11) is 3.90. The summed E-state index contributed by atoms with van der Waals surface area (Å²) in [5.41, 5.74) is 2.01. The monoisotopic (exact) mass is 261 g/mol. The first-order chi connectivity index (χ1) is 9.22. The van der Waals surface area contributed by atoms with E-state index in [1.165, 1.54) is 25.7 Å². The molecule has 0 heterocycles. The molecule has 0 spiro atoms. The molecule has 0 aliphatic heterocycles. The standard InChI is InChI=1S/C15H23N3O/c1-16-11-15(19)17-13-9-5-6-10-14(13)18(2)12-7-3-4-8-12/h5-6,9-10,12,16H,3-4,7-8,11H2,1-2H3,(H,17,19). The number of hydrogen-bond donors (Lipinski definition) is 2. The molecule has 0 radical (unpaired) electrons. The number of anilines is 2. The van der Waals surface area contributed by atoms with Crippen LogP contribution in [0.4, 0.5) is 11.4 Å². The predicted octanol–water partition coefficient (Wildman–Crippen LogP) is 2.22. The van der Waals surface area contributed by atoms with E-state index in [2.05, 4.69) is 28.6 Å². The number of hydrogen-bond acceptors (Lipinski definition) is 3. The van der Waals surface area contributed by atoms with E-state index in [4.69, 9.17) is 0 Å². The molecule has 1 aromatic rings. The molecule has 1 amide bonds. The highest BCUT2D eigenvalue weighted by molar-refractivity contribution is 5.95. The van der Waals surface area contributed by atoms with Crippen LogP contribution in [-0.2, 0) is 4.79 Å². The minimum absolute atomic E-state index is 0.00484. The van der Waals surface area contributed by atoms with Crippen LogP contribution in [0, 0.1) is 0 Å². The van der Waals surface area contributed by atoms with Gasteiger partial charge in [-0.1, -0.05) is 25.0 Å². The van der Waals surface area contributed by atoms with Gasteiger partial charge in [-0.2, -0.15) is 0 Å². The van der Waals surface area contributed by atoms with Gasteiger partial charge in [0.25, 0.3) is 0 Å². The van der Waals surface area contributed by atoms with Crippen molar-refractivity contribution in [2.45, 2.75) is 31.7 Å². The molecule has 0 aromatic heterocycles. The Bertz CT molecular complexity index is 427. The van der Waals surface area contributed by atoms with E-state index in [1.807, 2.05) is 18.2 Å². The van der Waals surface area contributed by atoms with E-state index >= 15 is 0 Å². The summed E-state index contributed by atoms with van der Waals surface area (Å²) in [6.45, 7) is 0.335. The number of carbonyl (C=O) groups excluding carboxylic acids is 1. The van der Waals surface area contributed by atoms with E-state index in [0.29, 0.717) is 12.6 Å². The summed E-state index contributed by atoms with van der Waals surface area (Å²) in [6, 6.07) is 8.62. The van der Waals surface area contributed by atoms with Crippen LogP contribution >= 0.6 is 0 Å². The van der Waals surface area contributed by atoms with Crippen molar-refractivity contribution in [2.24, 2.45) is 0 Å². The summed E-state index contributed by atoms with van der Waals surface area (Å²) in [5.74, 6) is -0.00484. The fourth-order valence-corrected chi connectivity index (χ4v) is 2.73. The number of benzene rings is 1. The van der Waals surface area contributed by atoms with Crippen molar-refractivity contribution in [3.05, 3.63) is 24.3 Å². The van der Waals surface area contributed by atoms with E-state index in [1.54, 1.807) is 7.05 Å². The molecule has 0 bridgehead atoms. The molecule has 1 saturated carbocycles. The first-order valence-corrected chi connectivity index (χ1v) is 6.98. The fraction of sp³-hybridized carbons (Fsp3) is 0.533. The van der Waals surface area contributed by atoms with Gasteiger partial charge in [-0.05, 0) is 32.0 Å².